The molecule has 30 heavy (non-hydrogen) atoms. The largest absolute Gasteiger partial charge is 0.452 e. The Morgan fingerprint density at radius 3 is 2.53 bits per heavy atom. The van der Waals surface area contributed by atoms with Gasteiger partial charge in [0.1, 0.15) is 11.5 Å². The van der Waals surface area contributed by atoms with Crippen LogP contribution in [0.4, 0.5) is 4.39 Å². The van der Waals surface area contributed by atoms with Crippen LogP contribution in [0.3, 0.4) is 0 Å². The zero-order valence-electron chi connectivity index (χ0n) is 17.0. The van der Waals surface area contributed by atoms with E-state index < -0.39 is 12.6 Å². The second kappa shape index (κ2) is 8.86. The van der Waals surface area contributed by atoms with Gasteiger partial charge in [-0.25, -0.2) is 14.2 Å². The maximum Gasteiger partial charge on any atom is 0.338 e. The lowest BCUT2D eigenvalue weighted by atomic mass is 10.2. The zero-order valence-corrected chi connectivity index (χ0v) is 17.0. The van der Waals surface area contributed by atoms with E-state index in [0.29, 0.717) is 23.3 Å². The molecule has 0 N–H and O–H groups in total. The molecular formula is C22H22FN3O4. The molecule has 0 fully saturated rings. The van der Waals surface area contributed by atoms with E-state index in [0.717, 1.165) is 5.56 Å². The molecule has 0 aliphatic carbocycles. The number of carbonyl (C=O) groups is 2. The van der Waals surface area contributed by atoms with Crippen molar-refractivity contribution in [2.75, 3.05) is 13.7 Å². The average molecular weight is 411 g/mol. The Balaban J connectivity index is 1.67. The number of hydrogen-bond acceptors (Lipinski definition) is 5. The number of halogens is 1. The first kappa shape index (κ1) is 21.2. The molecule has 3 aromatic rings. The van der Waals surface area contributed by atoms with Crippen LogP contribution in [0.1, 0.15) is 28.5 Å². The number of carbonyl (C=O) groups excluding carboxylic acids is 2. The Kier molecular flexibility index (Phi) is 6.25. The number of aromatic nitrogens is 2. The van der Waals surface area contributed by atoms with Crippen LogP contribution in [0, 0.1) is 12.7 Å². The lowest BCUT2D eigenvalue weighted by molar-refractivity contribution is -0.133. The van der Waals surface area contributed by atoms with Crippen LogP contribution in [-0.2, 0) is 22.6 Å². The Labute approximate surface area is 172 Å². The molecule has 0 radical (unpaired) electrons. The number of amides is 1. The summed E-state index contributed by atoms with van der Waals surface area (Å²) in [5.41, 5.74) is 2.30. The molecular weight excluding hydrogens is 389 g/mol. The van der Waals surface area contributed by atoms with Crippen molar-refractivity contribution in [3.05, 3.63) is 75.5 Å². The molecule has 156 valence electrons. The van der Waals surface area contributed by atoms with Gasteiger partial charge in [0.05, 0.1) is 16.6 Å². The van der Waals surface area contributed by atoms with Crippen LogP contribution in [0.25, 0.3) is 11.0 Å². The number of rotatable bonds is 6. The van der Waals surface area contributed by atoms with Crippen molar-refractivity contribution in [1.82, 2.24) is 14.5 Å². The topological polar surface area (TPSA) is 81.5 Å². The predicted octanol–water partition coefficient (Wildman–Crippen LogP) is 2.68. The molecule has 0 atom stereocenters. The maximum atomic E-state index is 13.0. The third-order valence-electron chi connectivity index (χ3n) is 4.75. The van der Waals surface area contributed by atoms with Crippen LogP contribution in [0.5, 0.6) is 0 Å². The number of likely N-dealkylation sites (N-methyl/N-ethyl adjacent to an activating group) is 1. The van der Waals surface area contributed by atoms with Crippen LogP contribution in [-0.4, -0.2) is 40.0 Å². The smallest absolute Gasteiger partial charge is 0.338 e. The Morgan fingerprint density at radius 2 is 1.87 bits per heavy atom. The van der Waals surface area contributed by atoms with Crippen molar-refractivity contribution in [2.24, 2.45) is 0 Å². The van der Waals surface area contributed by atoms with Crippen molar-refractivity contribution < 1.29 is 18.7 Å². The van der Waals surface area contributed by atoms with E-state index in [-0.39, 0.29) is 29.4 Å². The van der Waals surface area contributed by atoms with E-state index in [1.807, 2.05) is 6.92 Å². The van der Waals surface area contributed by atoms with Gasteiger partial charge in [0.25, 0.3) is 11.5 Å². The minimum atomic E-state index is -0.658. The Hall–Kier alpha value is -3.55. The van der Waals surface area contributed by atoms with Crippen molar-refractivity contribution in [2.45, 2.75) is 26.9 Å². The van der Waals surface area contributed by atoms with E-state index in [2.05, 4.69) is 4.98 Å². The molecule has 3 rings (SSSR count). The fourth-order valence-electron chi connectivity index (χ4n) is 3.09. The summed E-state index contributed by atoms with van der Waals surface area (Å²) in [6, 6.07) is 10.5. The molecule has 1 aromatic heterocycles. The number of hydrogen-bond donors (Lipinski definition) is 0. The summed E-state index contributed by atoms with van der Waals surface area (Å²) < 4.78 is 19.7. The molecule has 2 aromatic carbocycles. The summed E-state index contributed by atoms with van der Waals surface area (Å²) in [6.07, 6.45) is 0. The average Bonchev–Trinajstić information content (AvgIpc) is 2.74. The van der Waals surface area contributed by atoms with Gasteiger partial charge in [-0.1, -0.05) is 12.1 Å². The zero-order chi connectivity index (χ0) is 21.8. The SMILES string of the molecule is CCn1c(=O)c(C)nc2cc(C(=O)OCC(=O)N(C)Cc3ccc(F)cc3)ccc21. The number of nitrogens with zero attached hydrogens (tertiary/aromatic N) is 3. The molecule has 7 nitrogen and oxygen atoms in total. The minimum Gasteiger partial charge on any atom is -0.452 e. The normalized spacial score (nSPS) is 10.8. The predicted molar refractivity (Wildman–Crippen MR) is 110 cm³/mol. The molecule has 0 saturated carbocycles. The van der Waals surface area contributed by atoms with Crippen molar-refractivity contribution in [3.8, 4) is 0 Å². The molecule has 0 aliphatic heterocycles. The molecule has 0 saturated heterocycles. The number of fused-ring (bicyclic) bond motifs is 1. The van der Waals surface area contributed by atoms with Crippen molar-refractivity contribution in [3.63, 3.8) is 0 Å². The molecule has 1 amide bonds. The number of benzene rings is 2. The fraction of sp³-hybridized carbons (Fsp3) is 0.273. The van der Waals surface area contributed by atoms with Gasteiger partial charge in [-0.15, -0.1) is 0 Å². The summed E-state index contributed by atoms with van der Waals surface area (Å²) in [4.78, 5) is 42.5. The summed E-state index contributed by atoms with van der Waals surface area (Å²) in [5, 5.41) is 0. The number of aryl methyl sites for hydroxylation is 2. The highest BCUT2D eigenvalue weighted by Crippen LogP contribution is 2.14. The van der Waals surface area contributed by atoms with E-state index in [1.54, 1.807) is 48.9 Å². The van der Waals surface area contributed by atoms with Gasteiger partial charge in [-0.3, -0.25) is 9.59 Å². The highest BCUT2D eigenvalue weighted by Gasteiger charge is 2.16. The summed E-state index contributed by atoms with van der Waals surface area (Å²) in [5.74, 6) is -1.39. The van der Waals surface area contributed by atoms with E-state index in [9.17, 15) is 18.8 Å². The van der Waals surface area contributed by atoms with E-state index in [1.165, 1.54) is 17.0 Å². The van der Waals surface area contributed by atoms with Crippen LogP contribution in [0.15, 0.2) is 47.3 Å². The highest BCUT2D eigenvalue weighted by molar-refractivity contribution is 5.94. The minimum absolute atomic E-state index is 0.171. The Morgan fingerprint density at radius 1 is 1.17 bits per heavy atom. The third-order valence-corrected chi connectivity index (χ3v) is 4.75. The first-order valence-corrected chi connectivity index (χ1v) is 9.47. The summed E-state index contributed by atoms with van der Waals surface area (Å²) in [6.45, 7) is 3.81. The standard InChI is InChI=1S/C22H22FN3O4/c1-4-26-19-10-7-16(11-18(19)24-14(2)21(26)28)22(29)30-13-20(27)25(3)12-15-5-8-17(23)9-6-15/h5-11H,4,12-13H2,1-3H3. The van der Waals surface area contributed by atoms with Crippen molar-refractivity contribution in [1.29, 1.82) is 0 Å². The van der Waals surface area contributed by atoms with Gasteiger partial charge in [-0.05, 0) is 49.7 Å². The van der Waals surface area contributed by atoms with Crippen LogP contribution in [0.2, 0.25) is 0 Å². The fourth-order valence-corrected chi connectivity index (χ4v) is 3.09. The van der Waals surface area contributed by atoms with Crippen LogP contribution < -0.4 is 5.56 Å². The number of esters is 1. The van der Waals surface area contributed by atoms with Gasteiger partial charge in [0.15, 0.2) is 6.61 Å². The first-order chi connectivity index (χ1) is 14.3. The second-order valence-corrected chi connectivity index (χ2v) is 6.90. The number of ether oxygens (including phenoxy) is 1. The Bertz CT molecular complexity index is 1160. The third kappa shape index (κ3) is 4.53. The lowest BCUT2D eigenvalue weighted by Crippen LogP contribution is -2.30. The van der Waals surface area contributed by atoms with Gasteiger partial charge >= 0.3 is 5.97 Å². The van der Waals surface area contributed by atoms with Gasteiger partial charge in [0.2, 0.25) is 0 Å². The molecule has 0 bridgehead atoms. The summed E-state index contributed by atoms with van der Waals surface area (Å²) >= 11 is 0. The quantitative estimate of drug-likeness (QED) is 0.583. The molecule has 1 heterocycles. The first-order valence-electron chi connectivity index (χ1n) is 9.47. The second-order valence-electron chi connectivity index (χ2n) is 6.90. The molecule has 0 unspecified atom stereocenters. The maximum absolute atomic E-state index is 13.0. The van der Waals surface area contributed by atoms with Gasteiger partial charge in [-0.2, -0.15) is 0 Å². The van der Waals surface area contributed by atoms with Gasteiger partial charge in [0, 0.05) is 20.1 Å². The monoisotopic (exact) mass is 411 g/mol. The van der Waals surface area contributed by atoms with Gasteiger partial charge < -0.3 is 14.2 Å². The molecule has 0 aliphatic rings. The van der Waals surface area contributed by atoms with E-state index >= 15 is 0 Å². The van der Waals surface area contributed by atoms with E-state index in [4.69, 9.17) is 4.74 Å². The lowest BCUT2D eigenvalue weighted by Gasteiger charge is -2.17. The summed E-state index contributed by atoms with van der Waals surface area (Å²) in [7, 11) is 1.58. The highest BCUT2D eigenvalue weighted by atomic mass is 19.1. The van der Waals surface area contributed by atoms with Crippen molar-refractivity contribution >= 4 is 22.9 Å². The molecule has 0 spiro atoms. The molecule has 8 heteroatoms. The van der Waals surface area contributed by atoms with Crippen LogP contribution >= 0.6 is 0 Å².